The minimum Gasteiger partial charge on any atom is -0.377 e. The minimum atomic E-state index is 0.460. The van der Waals surface area contributed by atoms with E-state index in [0.29, 0.717) is 12.6 Å². The van der Waals surface area contributed by atoms with Crippen molar-refractivity contribution in [2.75, 3.05) is 24.7 Å². The Balaban J connectivity index is 2.26. The van der Waals surface area contributed by atoms with Crippen LogP contribution >= 0.6 is 0 Å². The first-order chi connectivity index (χ1) is 7.86. The van der Waals surface area contributed by atoms with Crippen molar-refractivity contribution in [3.63, 3.8) is 0 Å². The van der Waals surface area contributed by atoms with Crippen LogP contribution in [0.5, 0.6) is 0 Å². The molecule has 0 saturated carbocycles. The zero-order chi connectivity index (χ0) is 11.4. The summed E-state index contributed by atoms with van der Waals surface area (Å²) < 4.78 is 5.51. The second kappa shape index (κ2) is 5.27. The maximum atomic E-state index is 5.75. The molecule has 2 heterocycles. The number of hydrogen-bond donors (Lipinski definition) is 1. The molecule has 4 nitrogen and oxygen atoms in total. The van der Waals surface area contributed by atoms with Gasteiger partial charge in [-0.05, 0) is 12.5 Å². The highest BCUT2D eigenvalue weighted by Gasteiger charge is 2.23. The van der Waals surface area contributed by atoms with E-state index >= 15 is 0 Å². The summed E-state index contributed by atoms with van der Waals surface area (Å²) in [6, 6.07) is 2.51. The number of morpholine rings is 1. The zero-order valence-corrected chi connectivity index (χ0v) is 9.72. The first-order valence-corrected chi connectivity index (χ1v) is 5.84. The third-order valence-corrected chi connectivity index (χ3v) is 3.11. The molecule has 0 aliphatic carbocycles. The molecular formula is C12H19N3O. The first-order valence-electron chi connectivity index (χ1n) is 5.84. The van der Waals surface area contributed by atoms with E-state index in [2.05, 4.69) is 22.9 Å². The molecule has 1 atom stereocenters. The molecule has 16 heavy (non-hydrogen) atoms. The van der Waals surface area contributed by atoms with Crippen LogP contribution in [-0.4, -0.2) is 30.8 Å². The highest BCUT2D eigenvalue weighted by Crippen LogP contribution is 2.24. The van der Waals surface area contributed by atoms with Crippen molar-refractivity contribution in [3.05, 3.63) is 24.0 Å². The van der Waals surface area contributed by atoms with Crippen molar-refractivity contribution in [1.29, 1.82) is 0 Å². The summed E-state index contributed by atoms with van der Waals surface area (Å²) in [5.74, 6) is 0. The summed E-state index contributed by atoms with van der Waals surface area (Å²) in [7, 11) is 0. The molecule has 1 aromatic rings. The largest absolute Gasteiger partial charge is 0.377 e. The predicted molar refractivity (Wildman–Crippen MR) is 64.4 cm³/mol. The molecule has 0 amide bonds. The van der Waals surface area contributed by atoms with Gasteiger partial charge in [-0.3, -0.25) is 4.98 Å². The summed E-state index contributed by atoms with van der Waals surface area (Å²) in [5.41, 5.74) is 8.08. The van der Waals surface area contributed by atoms with E-state index in [9.17, 15) is 0 Å². The summed E-state index contributed by atoms with van der Waals surface area (Å²) >= 11 is 0. The number of pyridine rings is 1. The lowest BCUT2D eigenvalue weighted by Crippen LogP contribution is -2.45. The fourth-order valence-electron chi connectivity index (χ4n) is 2.17. The molecule has 0 radical (unpaired) electrons. The lowest BCUT2D eigenvalue weighted by Gasteiger charge is -2.37. The first kappa shape index (κ1) is 11.4. The second-order valence-electron chi connectivity index (χ2n) is 4.04. The number of hydrogen-bond acceptors (Lipinski definition) is 4. The van der Waals surface area contributed by atoms with E-state index in [1.807, 2.05) is 12.4 Å². The standard InChI is InChI=1S/C12H19N3O/c1-2-11-9-16-6-5-15(11)12-3-4-14-8-10(12)7-13/h3-4,8,11H,2,5-7,9,13H2,1H3. The number of anilines is 1. The Morgan fingerprint density at radius 2 is 2.50 bits per heavy atom. The SMILES string of the molecule is CCC1COCCN1c1ccncc1CN. The molecule has 4 heteroatoms. The van der Waals surface area contributed by atoms with Crippen molar-refractivity contribution in [2.45, 2.75) is 25.9 Å². The van der Waals surface area contributed by atoms with Gasteiger partial charge in [-0.2, -0.15) is 0 Å². The smallest absolute Gasteiger partial charge is 0.0670 e. The average molecular weight is 221 g/mol. The Hall–Kier alpha value is -1.13. The maximum absolute atomic E-state index is 5.75. The van der Waals surface area contributed by atoms with Crippen LogP contribution in [0.3, 0.4) is 0 Å². The quantitative estimate of drug-likeness (QED) is 0.832. The molecule has 1 aliphatic heterocycles. The van der Waals surface area contributed by atoms with Gasteiger partial charge in [0.25, 0.3) is 0 Å². The van der Waals surface area contributed by atoms with E-state index in [-0.39, 0.29) is 0 Å². The van der Waals surface area contributed by atoms with Gasteiger partial charge in [-0.1, -0.05) is 6.92 Å². The van der Waals surface area contributed by atoms with Crippen LogP contribution in [-0.2, 0) is 11.3 Å². The fraction of sp³-hybridized carbons (Fsp3) is 0.583. The Morgan fingerprint density at radius 1 is 1.62 bits per heavy atom. The number of rotatable bonds is 3. The Kier molecular flexibility index (Phi) is 3.74. The van der Waals surface area contributed by atoms with E-state index in [1.165, 1.54) is 5.69 Å². The molecule has 1 aromatic heterocycles. The van der Waals surface area contributed by atoms with Crippen molar-refractivity contribution in [2.24, 2.45) is 5.73 Å². The lowest BCUT2D eigenvalue weighted by atomic mass is 10.1. The van der Waals surface area contributed by atoms with Crippen LogP contribution < -0.4 is 10.6 Å². The molecule has 1 aliphatic rings. The van der Waals surface area contributed by atoms with Crippen molar-refractivity contribution in [3.8, 4) is 0 Å². The minimum absolute atomic E-state index is 0.460. The summed E-state index contributed by atoms with van der Waals surface area (Å²) in [4.78, 5) is 6.52. The highest BCUT2D eigenvalue weighted by molar-refractivity contribution is 5.53. The fourth-order valence-corrected chi connectivity index (χ4v) is 2.17. The summed E-state index contributed by atoms with van der Waals surface area (Å²) in [6.07, 6.45) is 4.78. The van der Waals surface area contributed by atoms with E-state index in [4.69, 9.17) is 10.5 Å². The van der Waals surface area contributed by atoms with Gasteiger partial charge < -0.3 is 15.4 Å². The second-order valence-corrected chi connectivity index (χ2v) is 4.04. The van der Waals surface area contributed by atoms with Crippen molar-refractivity contribution in [1.82, 2.24) is 4.98 Å². The molecule has 88 valence electrons. The van der Waals surface area contributed by atoms with Crippen molar-refractivity contribution < 1.29 is 4.74 Å². The van der Waals surface area contributed by atoms with E-state index < -0.39 is 0 Å². The van der Waals surface area contributed by atoms with Crippen LogP contribution in [0.1, 0.15) is 18.9 Å². The number of nitrogens with two attached hydrogens (primary N) is 1. The molecule has 2 N–H and O–H groups in total. The van der Waals surface area contributed by atoms with Gasteiger partial charge in [-0.25, -0.2) is 0 Å². The summed E-state index contributed by atoms with van der Waals surface area (Å²) in [5, 5.41) is 0. The Bertz CT molecular complexity index is 343. The highest BCUT2D eigenvalue weighted by atomic mass is 16.5. The van der Waals surface area contributed by atoms with Gasteiger partial charge in [0.05, 0.1) is 19.3 Å². The van der Waals surface area contributed by atoms with Crippen LogP contribution in [0.4, 0.5) is 5.69 Å². The van der Waals surface area contributed by atoms with Crippen LogP contribution in [0.2, 0.25) is 0 Å². The Labute approximate surface area is 96.4 Å². The van der Waals surface area contributed by atoms with Crippen LogP contribution in [0.15, 0.2) is 18.5 Å². The number of nitrogens with zero attached hydrogens (tertiary/aromatic N) is 2. The van der Waals surface area contributed by atoms with Crippen molar-refractivity contribution >= 4 is 5.69 Å². The third kappa shape index (κ3) is 2.18. The van der Waals surface area contributed by atoms with Gasteiger partial charge in [-0.15, -0.1) is 0 Å². The molecule has 1 unspecified atom stereocenters. The van der Waals surface area contributed by atoms with Gasteiger partial charge in [0.2, 0.25) is 0 Å². The molecule has 1 fully saturated rings. The topological polar surface area (TPSA) is 51.4 Å². The average Bonchev–Trinajstić information content (AvgIpc) is 2.38. The number of ether oxygens (including phenoxy) is 1. The van der Waals surface area contributed by atoms with Crippen LogP contribution in [0, 0.1) is 0 Å². The van der Waals surface area contributed by atoms with E-state index in [0.717, 1.165) is 31.7 Å². The van der Waals surface area contributed by atoms with Crippen LogP contribution in [0.25, 0.3) is 0 Å². The zero-order valence-electron chi connectivity index (χ0n) is 9.72. The molecule has 1 saturated heterocycles. The molecular weight excluding hydrogens is 202 g/mol. The third-order valence-electron chi connectivity index (χ3n) is 3.11. The molecule has 0 aromatic carbocycles. The normalized spacial score (nSPS) is 21.1. The Morgan fingerprint density at radius 3 is 3.25 bits per heavy atom. The maximum Gasteiger partial charge on any atom is 0.0670 e. The number of aromatic nitrogens is 1. The predicted octanol–water partition coefficient (Wildman–Crippen LogP) is 1.16. The van der Waals surface area contributed by atoms with Gasteiger partial charge in [0, 0.05) is 36.7 Å². The lowest BCUT2D eigenvalue weighted by molar-refractivity contribution is 0.0929. The van der Waals surface area contributed by atoms with Gasteiger partial charge in [0.1, 0.15) is 0 Å². The monoisotopic (exact) mass is 221 g/mol. The van der Waals surface area contributed by atoms with Gasteiger partial charge >= 0.3 is 0 Å². The molecule has 0 spiro atoms. The van der Waals surface area contributed by atoms with Gasteiger partial charge in [0.15, 0.2) is 0 Å². The molecule has 2 rings (SSSR count). The molecule has 0 bridgehead atoms. The van der Waals surface area contributed by atoms with E-state index in [1.54, 1.807) is 0 Å². The summed E-state index contributed by atoms with van der Waals surface area (Å²) in [6.45, 7) is 5.27.